The maximum Gasteiger partial charge on any atom is 0.277 e. The second-order valence-electron chi connectivity index (χ2n) is 6.86. The van der Waals surface area contributed by atoms with Crippen LogP contribution < -0.4 is 15.5 Å². The molecule has 0 atom stereocenters. The number of hydrazone groups is 1. The van der Waals surface area contributed by atoms with Gasteiger partial charge in [-0.15, -0.1) is 0 Å². The van der Waals surface area contributed by atoms with E-state index in [1.807, 2.05) is 61.5 Å². The third-order valence-electron chi connectivity index (χ3n) is 4.30. The second-order valence-corrected chi connectivity index (χ2v) is 7.71. The lowest BCUT2D eigenvalue weighted by molar-refractivity contribution is -0.123. The maximum atomic E-state index is 12.4. The Labute approximate surface area is 183 Å². The zero-order valence-corrected chi connectivity index (χ0v) is 18.3. The van der Waals surface area contributed by atoms with Crippen molar-refractivity contribution in [2.75, 3.05) is 11.9 Å². The molecule has 0 unspecified atom stereocenters. The quantitative estimate of drug-likeness (QED) is 0.386. The van der Waals surface area contributed by atoms with Crippen molar-refractivity contribution >= 4 is 49.9 Å². The topological polar surface area (TPSA) is 79.8 Å². The summed E-state index contributed by atoms with van der Waals surface area (Å²) in [5.74, 6) is -0.0381. The number of hydrogen-bond acceptors (Lipinski definition) is 4. The summed E-state index contributed by atoms with van der Waals surface area (Å²) in [6.45, 7) is 3.47. The summed E-state index contributed by atoms with van der Waals surface area (Å²) < 4.78 is 6.26. The van der Waals surface area contributed by atoms with Gasteiger partial charge in [0.15, 0.2) is 6.61 Å². The van der Waals surface area contributed by atoms with Gasteiger partial charge in [-0.1, -0.05) is 42.5 Å². The van der Waals surface area contributed by atoms with Crippen LogP contribution in [0.15, 0.2) is 70.2 Å². The van der Waals surface area contributed by atoms with Crippen molar-refractivity contribution < 1.29 is 14.3 Å². The van der Waals surface area contributed by atoms with Crippen LogP contribution in [-0.4, -0.2) is 24.1 Å². The van der Waals surface area contributed by atoms with Gasteiger partial charge in [0.2, 0.25) is 5.91 Å². The van der Waals surface area contributed by atoms with E-state index >= 15 is 0 Å². The van der Waals surface area contributed by atoms with Gasteiger partial charge < -0.3 is 10.1 Å². The lowest BCUT2D eigenvalue weighted by atomic mass is 10.1. The van der Waals surface area contributed by atoms with E-state index in [4.69, 9.17) is 4.74 Å². The van der Waals surface area contributed by atoms with E-state index in [-0.39, 0.29) is 18.9 Å². The molecule has 3 aromatic rings. The lowest BCUT2D eigenvalue weighted by Gasteiger charge is -2.09. The number of halogens is 1. The Hall–Kier alpha value is -3.19. The average Bonchev–Trinajstić information content (AvgIpc) is 2.72. The third kappa shape index (κ3) is 5.90. The summed E-state index contributed by atoms with van der Waals surface area (Å²) >= 11 is 3.40. The minimum atomic E-state index is -0.406. The molecule has 2 amide bonds. The molecule has 30 heavy (non-hydrogen) atoms. The van der Waals surface area contributed by atoms with Crippen LogP contribution in [0.4, 0.5) is 5.69 Å². The van der Waals surface area contributed by atoms with Gasteiger partial charge in [0.1, 0.15) is 5.75 Å². The predicted octanol–water partition coefficient (Wildman–Crippen LogP) is 4.81. The summed E-state index contributed by atoms with van der Waals surface area (Å²) in [5, 5.41) is 8.90. The molecule has 0 aliphatic carbocycles. The van der Waals surface area contributed by atoms with Crippen LogP contribution in [0.25, 0.3) is 10.8 Å². The molecule has 0 bridgehead atoms. The number of nitrogens with zero attached hydrogens (tertiary/aromatic N) is 1. The number of benzene rings is 3. The van der Waals surface area contributed by atoms with Gasteiger partial charge in [0.25, 0.3) is 5.91 Å². The van der Waals surface area contributed by atoms with Crippen LogP contribution in [0, 0.1) is 6.92 Å². The lowest BCUT2D eigenvalue weighted by Crippen LogP contribution is -2.26. The highest BCUT2D eigenvalue weighted by Gasteiger charge is 2.09. The minimum Gasteiger partial charge on any atom is -0.483 e. The summed E-state index contributed by atoms with van der Waals surface area (Å²) in [6, 6.07) is 19.2. The van der Waals surface area contributed by atoms with Crippen LogP contribution in [0.3, 0.4) is 0 Å². The number of rotatable bonds is 7. The van der Waals surface area contributed by atoms with Gasteiger partial charge in [-0.3, -0.25) is 9.59 Å². The number of fused-ring (bicyclic) bond motifs is 1. The van der Waals surface area contributed by atoms with E-state index in [1.165, 1.54) is 0 Å². The Kier molecular flexibility index (Phi) is 7.19. The molecule has 154 valence electrons. The molecule has 0 saturated carbocycles. The average molecular weight is 468 g/mol. The van der Waals surface area contributed by atoms with Crippen LogP contribution in [0.2, 0.25) is 0 Å². The van der Waals surface area contributed by atoms with Crippen LogP contribution in [0.5, 0.6) is 5.75 Å². The molecular formula is C23H22BrN3O3. The first kappa shape index (κ1) is 21.5. The van der Waals surface area contributed by atoms with Gasteiger partial charge in [-0.05, 0) is 58.9 Å². The van der Waals surface area contributed by atoms with E-state index in [1.54, 1.807) is 13.0 Å². The highest BCUT2D eigenvalue weighted by Crippen LogP contribution is 2.25. The van der Waals surface area contributed by atoms with Crippen molar-refractivity contribution in [1.82, 2.24) is 5.43 Å². The van der Waals surface area contributed by atoms with E-state index in [2.05, 4.69) is 31.8 Å². The normalized spacial score (nSPS) is 11.2. The van der Waals surface area contributed by atoms with Crippen molar-refractivity contribution in [3.63, 3.8) is 0 Å². The number of anilines is 1. The number of amides is 2. The predicted molar refractivity (Wildman–Crippen MR) is 123 cm³/mol. The van der Waals surface area contributed by atoms with Gasteiger partial charge in [0.05, 0.1) is 10.9 Å². The maximum absolute atomic E-state index is 12.4. The number of ether oxygens (including phenoxy) is 1. The third-order valence-corrected chi connectivity index (χ3v) is 4.92. The van der Waals surface area contributed by atoms with Crippen LogP contribution >= 0.6 is 15.9 Å². The Balaban J connectivity index is 1.50. The Morgan fingerprint density at radius 3 is 2.60 bits per heavy atom. The molecule has 0 radical (unpaired) electrons. The SMILES string of the molecule is C/C(CC(=O)Nc1cccc2ccccc12)=N\NC(=O)COc1ccc(C)cc1Br. The first-order valence-corrected chi connectivity index (χ1v) is 10.2. The molecule has 7 heteroatoms. The smallest absolute Gasteiger partial charge is 0.277 e. The molecule has 0 aliphatic heterocycles. The van der Waals surface area contributed by atoms with E-state index in [9.17, 15) is 9.59 Å². The monoisotopic (exact) mass is 467 g/mol. The molecule has 0 aliphatic rings. The standard InChI is InChI=1S/C23H22BrN3O3/c1-15-10-11-21(19(24)12-15)30-14-23(29)27-26-16(2)13-22(28)25-20-9-5-7-17-6-3-4-8-18(17)20/h3-12H,13-14H2,1-2H3,(H,25,28)(H,27,29)/b26-16+. The number of carbonyl (C=O) groups excluding carboxylic acids is 2. The second kappa shape index (κ2) is 10.0. The molecule has 0 heterocycles. The van der Waals surface area contributed by atoms with Gasteiger partial charge in [0, 0.05) is 16.8 Å². The van der Waals surface area contributed by atoms with E-state index in [0.717, 1.165) is 26.5 Å². The fraction of sp³-hybridized carbons (Fsp3) is 0.174. The minimum absolute atomic E-state index is 0.0634. The molecule has 0 spiro atoms. The first-order chi connectivity index (χ1) is 14.4. The highest BCUT2D eigenvalue weighted by molar-refractivity contribution is 9.10. The van der Waals surface area contributed by atoms with Crippen molar-refractivity contribution in [1.29, 1.82) is 0 Å². The zero-order valence-electron chi connectivity index (χ0n) is 16.7. The summed E-state index contributed by atoms with van der Waals surface area (Å²) in [6.07, 6.45) is 0.0634. The fourth-order valence-electron chi connectivity index (χ4n) is 2.86. The molecule has 3 aromatic carbocycles. The van der Waals surface area contributed by atoms with Gasteiger partial charge in [-0.25, -0.2) is 5.43 Å². The Morgan fingerprint density at radius 1 is 1.03 bits per heavy atom. The summed E-state index contributed by atoms with van der Waals surface area (Å²) in [7, 11) is 0. The number of aryl methyl sites for hydroxylation is 1. The molecule has 3 rings (SSSR count). The summed E-state index contributed by atoms with van der Waals surface area (Å²) in [4.78, 5) is 24.3. The summed E-state index contributed by atoms with van der Waals surface area (Å²) in [5.41, 5.74) is 4.72. The Morgan fingerprint density at radius 2 is 1.80 bits per heavy atom. The van der Waals surface area contributed by atoms with Crippen molar-refractivity contribution in [3.05, 3.63) is 70.7 Å². The molecule has 0 aromatic heterocycles. The number of carbonyl (C=O) groups is 2. The first-order valence-electron chi connectivity index (χ1n) is 9.41. The van der Waals surface area contributed by atoms with Crippen molar-refractivity contribution in [2.24, 2.45) is 5.10 Å². The van der Waals surface area contributed by atoms with E-state index < -0.39 is 5.91 Å². The number of hydrogen-bond donors (Lipinski definition) is 2. The van der Waals surface area contributed by atoms with Gasteiger partial charge >= 0.3 is 0 Å². The molecular weight excluding hydrogens is 446 g/mol. The van der Waals surface area contributed by atoms with Crippen molar-refractivity contribution in [2.45, 2.75) is 20.3 Å². The zero-order chi connectivity index (χ0) is 21.5. The van der Waals surface area contributed by atoms with Crippen LogP contribution in [0.1, 0.15) is 18.9 Å². The number of nitrogens with one attached hydrogen (secondary N) is 2. The molecule has 6 nitrogen and oxygen atoms in total. The molecule has 0 saturated heterocycles. The van der Waals surface area contributed by atoms with Crippen molar-refractivity contribution in [3.8, 4) is 5.75 Å². The Bertz CT molecular complexity index is 1110. The van der Waals surface area contributed by atoms with Crippen LogP contribution in [-0.2, 0) is 9.59 Å². The van der Waals surface area contributed by atoms with Gasteiger partial charge in [-0.2, -0.15) is 5.10 Å². The highest BCUT2D eigenvalue weighted by atomic mass is 79.9. The molecule has 2 N–H and O–H groups in total. The molecule has 0 fully saturated rings. The largest absolute Gasteiger partial charge is 0.483 e. The van der Waals surface area contributed by atoms with E-state index in [0.29, 0.717) is 11.5 Å². The fourth-order valence-corrected chi connectivity index (χ4v) is 3.46.